The van der Waals surface area contributed by atoms with Crippen LogP contribution in [0.4, 0.5) is 0 Å². The molecular formula is C21H22N2O6. The summed E-state index contributed by atoms with van der Waals surface area (Å²) in [6, 6.07) is 5.10. The van der Waals surface area contributed by atoms with Crippen molar-refractivity contribution < 1.29 is 28.6 Å². The van der Waals surface area contributed by atoms with Crippen LogP contribution >= 0.6 is 0 Å². The molecule has 4 rings (SSSR count). The van der Waals surface area contributed by atoms with Crippen molar-refractivity contribution in [1.29, 1.82) is 0 Å². The number of hydrazone groups is 1. The van der Waals surface area contributed by atoms with Crippen molar-refractivity contribution in [3.63, 3.8) is 0 Å². The van der Waals surface area contributed by atoms with Crippen molar-refractivity contribution in [1.82, 2.24) is 5.01 Å². The van der Waals surface area contributed by atoms with Crippen LogP contribution in [0.5, 0.6) is 11.5 Å². The number of amides is 2. The average molecular weight is 398 g/mol. The lowest BCUT2D eigenvalue weighted by molar-refractivity contribution is -0.148. The van der Waals surface area contributed by atoms with Gasteiger partial charge in [-0.3, -0.25) is 9.59 Å². The number of carbonyl (C=O) groups excluding carboxylic acids is 3. The number of carbonyl (C=O) groups is 3. The van der Waals surface area contributed by atoms with Crippen molar-refractivity contribution in [2.45, 2.75) is 19.4 Å². The third kappa shape index (κ3) is 3.08. The number of hydrogen-bond acceptors (Lipinski definition) is 7. The van der Waals surface area contributed by atoms with Gasteiger partial charge in [0, 0.05) is 5.56 Å². The van der Waals surface area contributed by atoms with Crippen LogP contribution in [-0.4, -0.2) is 49.3 Å². The number of imide groups is 1. The monoisotopic (exact) mass is 398 g/mol. The summed E-state index contributed by atoms with van der Waals surface area (Å²) in [5.41, 5.74) is 0.471. The Morgan fingerprint density at radius 3 is 2.41 bits per heavy atom. The Morgan fingerprint density at radius 1 is 1.17 bits per heavy atom. The minimum absolute atomic E-state index is 0.123. The smallest absolute Gasteiger partial charge is 0.346 e. The van der Waals surface area contributed by atoms with Crippen LogP contribution in [0.2, 0.25) is 0 Å². The van der Waals surface area contributed by atoms with E-state index in [9.17, 15) is 14.4 Å². The minimum atomic E-state index is -0.875. The normalized spacial score (nSPS) is 28.2. The molecule has 5 unspecified atom stereocenters. The van der Waals surface area contributed by atoms with Crippen LogP contribution < -0.4 is 9.47 Å². The molecule has 3 aliphatic rings. The van der Waals surface area contributed by atoms with Gasteiger partial charge in [-0.05, 0) is 37.3 Å². The first-order valence-corrected chi connectivity index (χ1v) is 9.47. The van der Waals surface area contributed by atoms with Crippen molar-refractivity contribution in [3.05, 3.63) is 35.9 Å². The van der Waals surface area contributed by atoms with Crippen LogP contribution in [-0.2, 0) is 19.1 Å². The van der Waals surface area contributed by atoms with Crippen LogP contribution in [0.3, 0.4) is 0 Å². The molecule has 0 radical (unpaired) electrons. The molecule has 1 aliphatic heterocycles. The lowest BCUT2D eigenvalue weighted by atomic mass is 9.85. The molecule has 29 heavy (non-hydrogen) atoms. The number of hydrogen-bond donors (Lipinski definition) is 0. The molecule has 2 amide bonds. The average Bonchev–Trinajstić information content (AvgIpc) is 3.41. The molecule has 0 N–H and O–H groups in total. The first-order chi connectivity index (χ1) is 14.0. The first kappa shape index (κ1) is 19.2. The molecule has 0 aromatic heterocycles. The largest absolute Gasteiger partial charge is 0.493 e. The van der Waals surface area contributed by atoms with Gasteiger partial charge in [-0.25, -0.2) is 4.79 Å². The predicted octanol–water partition coefficient (Wildman–Crippen LogP) is 1.78. The second-order valence-electron chi connectivity index (χ2n) is 7.39. The number of esters is 1. The molecular weight excluding hydrogens is 376 g/mol. The predicted molar refractivity (Wildman–Crippen MR) is 102 cm³/mol. The van der Waals surface area contributed by atoms with E-state index in [1.165, 1.54) is 20.4 Å². The Kier molecular flexibility index (Phi) is 4.86. The Bertz CT molecular complexity index is 894. The molecule has 1 aromatic carbocycles. The number of nitrogens with zero attached hydrogens (tertiary/aromatic N) is 2. The molecule has 8 heteroatoms. The van der Waals surface area contributed by atoms with Crippen LogP contribution in [0, 0.1) is 23.7 Å². The summed E-state index contributed by atoms with van der Waals surface area (Å²) in [5.74, 6) is -0.774. The third-order valence-electron chi connectivity index (χ3n) is 5.82. The van der Waals surface area contributed by atoms with E-state index in [2.05, 4.69) is 5.10 Å². The van der Waals surface area contributed by atoms with Gasteiger partial charge < -0.3 is 14.2 Å². The van der Waals surface area contributed by atoms with Gasteiger partial charge in [0.15, 0.2) is 17.6 Å². The molecule has 1 saturated heterocycles. The molecule has 8 nitrogen and oxygen atoms in total. The second-order valence-corrected chi connectivity index (χ2v) is 7.39. The highest BCUT2D eigenvalue weighted by molar-refractivity contribution is 6.07. The molecule has 5 atom stereocenters. The van der Waals surface area contributed by atoms with E-state index in [4.69, 9.17) is 14.2 Å². The molecule has 152 valence electrons. The Morgan fingerprint density at radius 2 is 1.83 bits per heavy atom. The fourth-order valence-electron chi connectivity index (χ4n) is 4.43. The van der Waals surface area contributed by atoms with Gasteiger partial charge in [0.25, 0.3) is 11.8 Å². The van der Waals surface area contributed by atoms with Gasteiger partial charge in [-0.15, -0.1) is 0 Å². The molecule has 1 heterocycles. The molecule has 2 aliphatic carbocycles. The quantitative estimate of drug-likeness (QED) is 0.314. The Labute approximate surface area is 168 Å². The zero-order chi connectivity index (χ0) is 20.7. The number of fused-ring (bicyclic) bond motifs is 5. The summed E-state index contributed by atoms with van der Waals surface area (Å²) >= 11 is 0. The molecule has 2 fully saturated rings. The van der Waals surface area contributed by atoms with Crippen LogP contribution in [0.15, 0.2) is 35.5 Å². The molecule has 2 bridgehead atoms. The fourth-order valence-corrected chi connectivity index (χ4v) is 4.43. The van der Waals surface area contributed by atoms with Gasteiger partial charge >= 0.3 is 5.97 Å². The first-order valence-electron chi connectivity index (χ1n) is 9.47. The zero-order valence-corrected chi connectivity index (χ0v) is 16.4. The van der Waals surface area contributed by atoms with Gasteiger partial charge in [-0.2, -0.15) is 10.1 Å². The summed E-state index contributed by atoms with van der Waals surface area (Å²) < 4.78 is 15.7. The maximum Gasteiger partial charge on any atom is 0.346 e. The summed E-state index contributed by atoms with van der Waals surface area (Å²) in [7, 11) is 2.75. The number of rotatable bonds is 6. The van der Waals surface area contributed by atoms with E-state index >= 15 is 0 Å². The van der Waals surface area contributed by atoms with E-state index < -0.39 is 12.1 Å². The lowest BCUT2D eigenvalue weighted by Crippen LogP contribution is -2.28. The highest BCUT2D eigenvalue weighted by Crippen LogP contribution is 2.52. The van der Waals surface area contributed by atoms with Crippen molar-refractivity contribution in [2.75, 3.05) is 14.2 Å². The SMILES string of the molecule is COC(=O)C(C)Oc1c(C=NN2C(=O)C3C4C=CC(C4)C3C2=O)cccc1OC. The number of methoxy groups -OCH3 is 2. The summed E-state index contributed by atoms with van der Waals surface area (Å²) in [6.07, 6.45) is 5.44. The molecule has 1 saturated carbocycles. The topological polar surface area (TPSA) is 94.5 Å². The standard InChI is InChI=1S/C21H22N2O6/c1-11(21(26)28-3)29-18-14(5-4-6-15(18)27-2)10-22-23-19(24)16-12-7-8-13(9-12)17(16)20(23)25/h4-8,10-13,16-17H,9H2,1-3H3. The minimum Gasteiger partial charge on any atom is -0.493 e. The number of ether oxygens (including phenoxy) is 3. The van der Waals surface area contributed by atoms with E-state index in [0.717, 1.165) is 11.4 Å². The summed E-state index contributed by atoms with van der Waals surface area (Å²) in [4.78, 5) is 37.3. The van der Waals surface area contributed by atoms with E-state index in [0.29, 0.717) is 11.3 Å². The van der Waals surface area contributed by atoms with Crippen molar-refractivity contribution in [2.24, 2.45) is 28.8 Å². The van der Waals surface area contributed by atoms with Crippen molar-refractivity contribution in [3.8, 4) is 11.5 Å². The molecule has 0 spiro atoms. The maximum atomic E-state index is 12.8. The Hall–Kier alpha value is -3.16. The second kappa shape index (κ2) is 7.35. The maximum absolute atomic E-state index is 12.8. The molecule has 1 aromatic rings. The Balaban J connectivity index is 1.60. The number of allylic oxidation sites excluding steroid dienone is 2. The third-order valence-corrected chi connectivity index (χ3v) is 5.82. The van der Waals surface area contributed by atoms with E-state index in [1.54, 1.807) is 25.1 Å². The van der Waals surface area contributed by atoms with Gasteiger partial charge in [-0.1, -0.05) is 18.2 Å². The van der Waals surface area contributed by atoms with Gasteiger partial charge in [0.1, 0.15) is 0 Å². The highest BCUT2D eigenvalue weighted by atomic mass is 16.6. The number of para-hydroxylation sites is 1. The number of benzene rings is 1. The van der Waals surface area contributed by atoms with Crippen LogP contribution in [0.1, 0.15) is 18.9 Å². The van der Waals surface area contributed by atoms with Gasteiger partial charge in [0.05, 0.1) is 32.3 Å². The summed E-state index contributed by atoms with van der Waals surface area (Å²) in [5, 5.41) is 5.14. The fraction of sp³-hybridized carbons (Fsp3) is 0.429. The van der Waals surface area contributed by atoms with Crippen molar-refractivity contribution >= 4 is 24.0 Å². The van der Waals surface area contributed by atoms with Crippen LogP contribution in [0.25, 0.3) is 0 Å². The zero-order valence-electron chi connectivity index (χ0n) is 16.4. The van der Waals surface area contributed by atoms with Gasteiger partial charge in [0.2, 0.25) is 0 Å². The lowest BCUT2D eigenvalue weighted by Gasteiger charge is -2.17. The van der Waals surface area contributed by atoms with E-state index in [-0.39, 0.29) is 41.2 Å². The van der Waals surface area contributed by atoms with E-state index in [1.807, 2.05) is 12.2 Å². The summed E-state index contributed by atoms with van der Waals surface area (Å²) in [6.45, 7) is 1.55. The highest BCUT2D eigenvalue weighted by Gasteiger charge is 2.59.